The van der Waals surface area contributed by atoms with Crippen LogP contribution >= 0.6 is 15.9 Å². The number of rotatable bonds is 2. The number of hydrogen-bond acceptors (Lipinski definition) is 1. The SMILES string of the molecule is Brc1cccc2c1CCC2NC1CC1. The van der Waals surface area contributed by atoms with Gasteiger partial charge in [0.15, 0.2) is 0 Å². The van der Waals surface area contributed by atoms with Crippen LogP contribution in [0.1, 0.15) is 36.4 Å². The van der Waals surface area contributed by atoms with Crippen LogP contribution in [-0.4, -0.2) is 6.04 Å². The van der Waals surface area contributed by atoms with Gasteiger partial charge in [0.25, 0.3) is 0 Å². The highest BCUT2D eigenvalue weighted by Gasteiger charge is 2.29. The predicted molar refractivity (Wildman–Crippen MR) is 61.4 cm³/mol. The minimum atomic E-state index is 0.620. The van der Waals surface area contributed by atoms with Crippen molar-refractivity contribution in [1.82, 2.24) is 5.32 Å². The molecule has 1 fully saturated rings. The highest BCUT2D eigenvalue weighted by molar-refractivity contribution is 9.10. The van der Waals surface area contributed by atoms with Gasteiger partial charge in [-0.05, 0) is 42.9 Å². The molecule has 0 amide bonds. The fourth-order valence-corrected chi connectivity index (χ4v) is 2.90. The molecule has 2 heteroatoms. The first-order valence-corrected chi connectivity index (χ1v) is 6.17. The summed E-state index contributed by atoms with van der Waals surface area (Å²) in [5, 5.41) is 3.72. The first-order chi connectivity index (χ1) is 6.84. The van der Waals surface area contributed by atoms with Crippen molar-refractivity contribution in [2.45, 2.75) is 37.8 Å². The topological polar surface area (TPSA) is 12.0 Å². The molecule has 1 saturated carbocycles. The van der Waals surface area contributed by atoms with Gasteiger partial charge in [-0.1, -0.05) is 28.1 Å². The molecule has 1 aromatic carbocycles. The van der Waals surface area contributed by atoms with Crippen molar-refractivity contribution in [1.29, 1.82) is 0 Å². The van der Waals surface area contributed by atoms with Gasteiger partial charge < -0.3 is 5.32 Å². The Labute approximate surface area is 93.0 Å². The van der Waals surface area contributed by atoms with Crippen LogP contribution in [-0.2, 0) is 6.42 Å². The molecule has 1 unspecified atom stereocenters. The molecule has 0 aliphatic heterocycles. The third-order valence-corrected chi connectivity index (χ3v) is 3.97. The lowest BCUT2D eigenvalue weighted by Crippen LogP contribution is -2.21. The molecule has 1 aromatic rings. The lowest BCUT2D eigenvalue weighted by molar-refractivity contribution is 0.527. The Kier molecular flexibility index (Phi) is 2.14. The van der Waals surface area contributed by atoms with E-state index in [1.807, 2.05) is 0 Å². The average molecular weight is 252 g/mol. The van der Waals surface area contributed by atoms with Crippen molar-refractivity contribution in [3.05, 3.63) is 33.8 Å². The van der Waals surface area contributed by atoms with Crippen molar-refractivity contribution in [3.8, 4) is 0 Å². The molecule has 1 atom stereocenters. The predicted octanol–water partition coefficient (Wildman–Crippen LogP) is 3.19. The van der Waals surface area contributed by atoms with E-state index in [1.54, 1.807) is 0 Å². The molecule has 0 spiro atoms. The molecule has 14 heavy (non-hydrogen) atoms. The molecule has 0 bridgehead atoms. The van der Waals surface area contributed by atoms with E-state index in [0.717, 1.165) is 6.04 Å². The summed E-state index contributed by atoms with van der Waals surface area (Å²) in [6, 6.07) is 8.00. The molecule has 2 aliphatic carbocycles. The summed E-state index contributed by atoms with van der Waals surface area (Å²) in [5.74, 6) is 0. The molecule has 0 aromatic heterocycles. The monoisotopic (exact) mass is 251 g/mol. The van der Waals surface area contributed by atoms with Crippen LogP contribution in [0, 0.1) is 0 Å². The van der Waals surface area contributed by atoms with Gasteiger partial charge in [-0.25, -0.2) is 0 Å². The van der Waals surface area contributed by atoms with Crippen LogP contribution in [0.25, 0.3) is 0 Å². The molecule has 0 saturated heterocycles. The second-order valence-corrected chi connectivity index (χ2v) is 5.19. The van der Waals surface area contributed by atoms with Gasteiger partial charge in [0, 0.05) is 16.6 Å². The first kappa shape index (κ1) is 8.93. The van der Waals surface area contributed by atoms with Gasteiger partial charge in [0.1, 0.15) is 0 Å². The Hall–Kier alpha value is -0.340. The lowest BCUT2D eigenvalue weighted by atomic mass is 10.1. The van der Waals surface area contributed by atoms with E-state index in [9.17, 15) is 0 Å². The molecule has 1 N–H and O–H groups in total. The molecule has 1 nitrogen and oxygen atoms in total. The van der Waals surface area contributed by atoms with Crippen molar-refractivity contribution in [3.63, 3.8) is 0 Å². The number of fused-ring (bicyclic) bond motifs is 1. The minimum absolute atomic E-state index is 0.620. The first-order valence-electron chi connectivity index (χ1n) is 5.38. The maximum absolute atomic E-state index is 3.72. The van der Waals surface area contributed by atoms with E-state index < -0.39 is 0 Å². The maximum Gasteiger partial charge on any atom is 0.0328 e. The zero-order chi connectivity index (χ0) is 9.54. The second kappa shape index (κ2) is 3.35. The van der Waals surface area contributed by atoms with Crippen LogP contribution in [0.3, 0.4) is 0 Å². The Balaban J connectivity index is 1.89. The average Bonchev–Trinajstić information content (AvgIpc) is 2.88. The third-order valence-electron chi connectivity index (χ3n) is 3.23. The minimum Gasteiger partial charge on any atom is -0.307 e. The number of hydrogen-bond donors (Lipinski definition) is 1. The van der Waals surface area contributed by atoms with E-state index in [2.05, 4.69) is 39.4 Å². The Morgan fingerprint density at radius 3 is 2.86 bits per heavy atom. The van der Waals surface area contributed by atoms with E-state index in [0.29, 0.717) is 6.04 Å². The van der Waals surface area contributed by atoms with Crippen molar-refractivity contribution in [2.24, 2.45) is 0 Å². The van der Waals surface area contributed by atoms with Gasteiger partial charge >= 0.3 is 0 Å². The van der Waals surface area contributed by atoms with E-state index >= 15 is 0 Å². The van der Waals surface area contributed by atoms with Gasteiger partial charge in [0.05, 0.1) is 0 Å². The van der Waals surface area contributed by atoms with Crippen LogP contribution < -0.4 is 5.32 Å². The lowest BCUT2D eigenvalue weighted by Gasteiger charge is -2.13. The third kappa shape index (κ3) is 1.51. The van der Waals surface area contributed by atoms with Crippen LogP contribution in [0.2, 0.25) is 0 Å². The fraction of sp³-hybridized carbons (Fsp3) is 0.500. The summed E-state index contributed by atoms with van der Waals surface area (Å²) >= 11 is 3.63. The zero-order valence-corrected chi connectivity index (χ0v) is 9.68. The van der Waals surface area contributed by atoms with E-state index in [4.69, 9.17) is 0 Å². The summed E-state index contributed by atoms with van der Waals surface area (Å²) in [7, 11) is 0. The fourth-order valence-electron chi connectivity index (χ4n) is 2.32. The van der Waals surface area contributed by atoms with E-state index in [-0.39, 0.29) is 0 Å². The van der Waals surface area contributed by atoms with Crippen LogP contribution in [0.5, 0.6) is 0 Å². The largest absolute Gasteiger partial charge is 0.307 e. The molecule has 2 aliphatic rings. The van der Waals surface area contributed by atoms with Crippen LogP contribution in [0.15, 0.2) is 22.7 Å². The number of halogens is 1. The van der Waals surface area contributed by atoms with Gasteiger partial charge in [-0.2, -0.15) is 0 Å². The Bertz CT molecular complexity index is 357. The maximum atomic E-state index is 3.72. The summed E-state index contributed by atoms with van der Waals surface area (Å²) in [6.07, 6.45) is 5.25. The van der Waals surface area contributed by atoms with E-state index in [1.165, 1.54) is 41.3 Å². The zero-order valence-electron chi connectivity index (χ0n) is 8.09. The summed E-state index contributed by atoms with van der Waals surface area (Å²) in [4.78, 5) is 0. The van der Waals surface area contributed by atoms with Crippen LogP contribution in [0.4, 0.5) is 0 Å². The molecule has 74 valence electrons. The standard InChI is InChI=1S/C12H14BrN/c13-11-3-1-2-10-9(11)6-7-12(10)14-8-4-5-8/h1-3,8,12,14H,4-7H2. The number of nitrogens with one attached hydrogen (secondary N) is 1. The number of benzene rings is 1. The van der Waals surface area contributed by atoms with Crippen molar-refractivity contribution in [2.75, 3.05) is 0 Å². The normalized spacial score (nSPS) is 25.1. The quantitative estimate of drug-likeness (QED) is 0.852. The van der Waals surface area contributed by atoms with Crippen molar-refractivity contribution >= 4 is 15.9 Å². The molecular weight excluding hydrogens is 238 g/mol. The highest BCUT2D eigenvalue weighted by atomic mass is 79.9. The van der Waals surface area contributed by atoms with Gasteiger partial charge in [-0.15, -0.1) is 0 Å². The molecule has 0 radical (unpaired) electrons. The smallest absolute Gasteiger partial charge is 0.0328 e. The van der Waals surface area contributed by atoms with Gasteiger partial charge in [0.2, 0.25) is 0 Å². The van der Waals surface area contributed by atoms with Gasteiger partial charge in [-0.3, -0.25) is 0 Å². The van der Waals surface area contributed by atoms with Crippen molar-refractivity contribution < 1.29 is 0 Å². The summed E-state index contributed by atoms with van der Waals surface area (Å²) < 4.78 is 1.29. The summed E-state index contributed by atoms with van der Waals surface area (Å²) in [5.41, 5.74) is 3.04. The Morgan fingerprint density at radius 2 is 2.07 bits per heavy atom. The highest BCUT2D eigenvalue weighted by Crippen LogP contribution is 2.37. The second-order valence-electron chi connectivity index (χ2n) is 4.34. The molecule has 0 heterocycles. The molecular formula is C12H14BrN. The summed E-state index contributed by atoms with van der Waals surface area (Å²) in [6.45, 7) is 0. The molecule has 3 rings (SSSR count). The Morgan fingerprint density at radius 1 is 1.21 bits per heavy atom.